The number of hydrogen-bond donors (Lipinski definition) is 0. The monoisotopic (exact) mass is 328 g/mol. The molecular formula is C13H11Cl3N4. The first-order chi connectivity index (χ1) is 9.52. The van der Waals surface area contributed by atoms with Crippen molar-refractivity contribution in [1.82, 2.24) is 19.9 Å². The summed E-state index contributed by atoms with van der Waals surface area (Å²) in [5.74, 6) is 1.20. The van der Waals surface area contributed by atoms with Crippen LogP contribution in [-0.4, -0.2) is 19.9 Å². The van der Waals surface area contributed by atoms with Crippen LogP contribution in [0.2, 0.25) is 15.6 Å². The van der Waals surface area contributed by atoms with Gasteiger partial charge in [0.25, 0.3) is 0 Å². The van der Waals surface area contributed by atoms with E-state index in [1.54, 1.807) is 6.07 Å². The number of rotatable bonds is 2. The Morgan fingerprint density at radius 3 is 1.90 bits per heavy atom. The fraction of sp³-hybridized carbons (Fsp3) is 0.385. The molecule has 3 rings (SSSR count). The van der Waals surface area contributed by atoms with Crippen LogP contribution in [0.25, 0.3) is 0 Å². The number of hydrogen-bond acceptors (Lipinski definition) is 4. The third-order valence-electron chi connectivity index (χ3n) is 3.55. The Labute approximate surface area is 131 Å². The lowest BCUT2D eigenvalue weighted by molar-refractivity contribution is 0.332. The number of halogens is 3. The molecule has 2 aromatic rings. The summed E-state index contributed by atoms with van der Waals surface area (Å²) in [6.45, 7) is 1.83. The van der Waals surface area contributed by atoms with E-state index in [0.717, 1.165) is 24.2 Å². The van der Waals surface area contributed by atoms with Gasteiger partial charge in [-0.15, -0.1) is 0 Å². The van der Waals surface area contributed by atoms with Crippen molar-refractivity contribution in [3.8, 4) is 0 Å². The van der Waals surface area contributed by atoms with E-state index in [9.17, 15) is 0 Å². The molecule has 1 fully saturated rings. The van der Waals surface area contributed by atoms with Gasteiger partial charge in [0.15, 0.2) is 0 Å². The van der Waals surface area contributed by atoms with Gasteiger partial charge in [0.05, 0.1) is 5.69 Å². The van der Waals surface area contributed by atoms with Crippen molar-refractivity contribution in [3.05, 3.63) is 44.9 Å². The Kier molecular flexibility index (Phi) is 3.80. The molecule has 2 aromatic heterocycles. The minimum atomic E-state index is 0.176. The standard InChI is InChI=1S/C13H11Cl3N4/c1-6-17-9(4-11(14)18-6)7-2-3-8(7)10-5-12(15)20-13(16)19-10/h4-5,7-8H,2-3H2,1H3/t7-,8?/m1/s1. The third kappa shape index (κ3) is 2.73. The van der Waals surface area contributed by atoms with E-state index in [0.29, 0.717) is 16.1 Å². The topological polar surface area (TPSA) is 51.6 Å². The predicted octanol–water partition coefficient (Wildman–Crippen LogP) is 4.20. The second kappa shape index (κ2) is 5.43. The Bertz CT molecular complexity index is 564. The average molecular weight is 330 g/mol. The summed E-state index contributed by atoms with van der Waals surface area (Å²) in [6.07, 6.45) is 2.06. The molecule has 1 saturated carbocycles. The van der Waals surface area contributed by atoms with Gasteiger partial charge in [0, 0.05) is 17.5 Å². The molecule has 0 amide bonds. The van der Waals surface area contributed by atoms with E-state index in [4.69, 9.17) is 34.8 Å². The molecule has 4 nitrogen and oxygen atoms in total. The van der Waals surface area contributed by atoms with E-state index in [1.165, 1.54) is 0 Å². The molecule has 20 heavy (non-hydrogen) atoms. The van der Waals surface area contributed by atoms with Gasteiger partial charge in [0.2, 0.25) is 5.28 Å². The Morgan fingerprint density at radius 1 is 0.850 bits per heavy atom. The van der Waals surface area contributed by atoms with Gasteiger partial charge in [0.1, 0.15) is 16.1 Å². The van der Waals surface area contributed by atoms with Crippen molar-refractivity contribution in [2.75, 3.05) is 0 Å². The van der Waals surface area contributed by atoms with Crippen LogP contribution in [0, 0.1) is 6.92 Å². The Morgan fingerprint density at radius 2 is 1.40 bits per heavy atom. The van der Waals surface area contributed by atoms with Crippen molar-refractivity contribution >= 4 is 34.8 Å². The fourth-order valence-electron chi connectivity index (χ4n) is 2.55. The van der Waals surface area contributed by atoms with E-state index in [1.807, 2.05) is 13.0 Å². The highest BCUT2D eigenvalue weighted by Gasteiger charge is 2.36. The first-order valence-corrected chi connectivity index (χ1v) is 7.37. The van der Waals surface area contributed by atoms with Crippen molar-refractivity contribution in [2.24, 2.45) is 0 Å². The molecule has 0 aliphatic heterocycles. The molecule has 104 valence electrons. The van der Waals surface area contributed by atoms with Crippen LogP contribution in [0.1, 0.15) is 41.9 Å². The van der Waals surface area contributed by atoms with Crippen LogP contribution in [0.5, 0.6) is 0 Å². The van der Waals surface area contributed by atoms with Gasteiger partial charge >= 0.3 is 0 Å². The largest absolute Gasteiger partial charge is 0.238 e. The van der Waals surface area contributed by atoms with Crippen LogP contribution < -0.4 is 0 Å². The molecule has 7 heteroatoms. The summed E-state index contributed by atoms with van der Waals surface area (Å²) < 4.78 is 0. The lowest BCUT2D eigenvalue weighted by atomic mass is 9.70. The summed E-state index contributed by atoms with van der Waals surface area (Å²) in [7, 11) is 0. The van der Waals surface area contributed by atoms with Gasteiger partial charge < -0.3 is 0 Å². The average Bonchev–Trinajstić information content (AvgIpc) is 2.23. The van der Waals surface area contributed by atoms with Crippen LogP contribution in [0.4, 0.5) is 0 Å². The first kappa shape index (κ1) is 14.0. The summed E-state index contributed by atoms with van der Waals surface area (Å²) in [6, 6.07) is 3.58. The van der Waals surface area contributed by atoms with Crippen molar-refractivity contribution < 1.29 is 0 Å². The lowest BCUT2D eigenvalue weighted by Crippen LogP contribution is -2.24. The molecule has 2 atom stereocenters. The molecular weight excluding hydrogens is 319 g/mol. The van der Waals surface area contributed by atoms with Crippen molar-refractivity contribution in [1.29, 1.82) is 0 Å². The van der Waals surface area contributed by atoms with Gasteiger partial charge in [-0.3, -0.25) is 0 Å². The van der Waals surface area contributed by atoms with Gasteiger partial charge in [-0.05, 0) is 43.5 Å². The highest BCUT2D eigenvalue weighted by molar-refractivity contribution is 6.31. The number of nitrogens with zero attached hydrogens (tertiary/aromatic N) is 4. The Hall–Kier alpha value is -0.970. The maximum Gasteiger partial charge on any atom is 0.224 e. The summed E-state index contributed by atoms with van der Waals surface area (Å²) in [5.41, 5.74) is 1.81. The quantitative estimate of drug-likeness (QED) is 0.612. The summed E-state index contributed by atoms with van der Waals surface area (Å²) in [5, 5.41) is 1.01. The summed E-state index contributed by atoms with van der Waals surface area (Å²) >= 11 is 17.8. The smallest absolute Gasteiger partial charge is 0.224 e. The van der Waals surface area contributed by atoms with Crippen LogP contribution in [0.15, 0.2) is 12.1 Å². The fourth-order valence-corrected chi connectivity index (χ4v) is 3.20. The summed E-state index contributed by atoms with van der Waals surface area (Å²) in [4.78, 5) is 16.7. The van der Waals surface area contributed by atoms with Crippen molar-refractivity contribution in [2.45, 2.75) is 31.6 Å². The van der Waals surface area contributed by atoms with E-state index in [-0.39, 0.29) is 17.1 Å². The van der Waals surface area contributed by atoms with E-state index >= 15 is 0 Å². The van der Waals surface area contributed by atoms with Crippen LogP contribution >= 0.6 is 34.8 Å². The maximum absolute atomic E-state index is 6.00. The Balaban J connectivity index is 1.92. The minimum Gasteiger partial charge on any atom is -0.238 e. The SMILES string of the molecule is Cc1nc(Cl)cc([C@@H]2CCC2c2cc(Cl)nc(Cl)n2)n1. The zero-order valence-electron chi connectivity index (χ0n) is 10.6. The second-order valence-electron chi connectivity index (χ2n) is 4.84. The molecule has 1 unspecified atom stereocenters. The molecule has 0 spiro atoms. The molecule has 0 radical (unpaired) electrons. The molecule has 2 heterocycles. The first-order valence-electron chi connectivity index (χ1n) is 6.24. The highest BCUT2D eigenvalue weighted by Crippen LogP contribution is 2.48. The number of aromatic nitrogens is 4. The second-order valence-corrected chi connectivity index (χ2v) is 5.95. The van der Waals surface area contributed by atoms with E-state index in [2.05, 4.69) is 19.9 Å². The highest BCUT2D eigenvalue weighted by atomic mass is 35.5. The zero-order valence-corrected chi connectivity index (χ0v) is 12.9. The van der Waals surface area contributed by atoms with Crippen LogP contribution in [-0.2, 0) is 0 Å². The van der Waals surface area contributed by atoms with Gasteiger partial charge in [-0.25, -0.2) is 19.9 Å². The third-order valence-corrected chi connectivity index (χ3v) is 4.10. The minimum absolute atomic E-state index is 0.176. The maximum atomic E-state index is 6.00. The predicted molar refractivity (Wildman–Crippen MR) is 78.5 cm³/mol. The van der Waals surface area contributed by atoms with Crippen molar-refractivity contribution in [3.63, 3.8) is 0 Å². The zero-order chi connectivity index (χ0) is 14.3. The molecule has 0 bridgehead atoms. The normalized spacial score (nSPS) is 21.6. The van der Waals surface area contributed by atoms with Gasteiger partial charge in [-0.1, -0.05) is 23.2 Å². The molecule has 0 N–H and O–H groups in total. The molecule has 0 saturated heterocycles. The lowest BCUT2D eigenvalue weighted by Gasteiger charge is -2.35. The molecule has 1 aliphatic carbocycles. The number of aryl methyl sites for hydroxylation is 1. The molecule has 0 aromatic carbocycles. The van der Waals surface area contributed by atoms with Crippen LogP contribution in [0.3, 0.4) is 0 Å². The molecule has 1 aliphatic rings. The van der Waals surface area contributed by atoms with E-state index < -0.39 is 0 Å². The van der Waals surface area contributed by atoms with Gasteiger partial charge in [-0.2, -0.15) is 0 Å².